The number of amides is 1. The second-order valence-corrected chi connectivity index (χ2v) is 7.24. The first-order chi connectivity index (χ1) is 13.1. The van der Waals surface area contributed by atoms with Crippen LogP contribution in [-0.2, 0) is 11.3 Å². The van der Waals surface area contributed by atoms with E-state index in [2.05, 4.69) is 10.2 Å². The summed E-state index contributed by atoms with van der Waals surface area (Å²) in [7, 11) is 3.25. The zero-order chi connectivity index (χ0) is 19.2. The summed E-state index contributed by atoms with van der Waals surface area (Å²) < 4.78 is 10.3. The highest BCUT2D eigenvalue weighted by atomic mass is 32.2. The zero-order valence-corrected chi connectivity index (χ0v) is 16.3. The van der Waals surface area contributed by atoms with Crippen LogP contribution in [0.25, 0.3) is 0 Å². The van der Waals surface area contributed by atoms with E-state index in [0.29, 0.717) is 11.7 Å². The third-order valence-electron chi connectivity index (χ3n) is 4.09. The molecule has 0 bridgehead atoms. The molecule has 7 heteroatoms. The zero-order valence-electron chi connectivity index (χ0n) is 15.5. The van der Waals surface area contributed by atoms with Gasteiger partial charge in [-0.3, -0.25) is 9.69 Å². The molecule has 1 amide bonds. The van der Waals surface area contributed by atoms with Gasteiger partial charge in [-0.2, -0.15) is 5.10 Å². The number of amidine groups is 1. The molecule has 2 aromatic carbocycles. The topological polar surface area (TPSA) is 63.5 Å². The Morgan fingerprint density at radius 3 is 2.22 bits per heavy atom. The van der Waals surface area contributed by atoms with E-state index in [1.165, 1.54) is 11.8 Å². The number of hydrogen-bond donors (Lipinski definition) is 0. The first-order valence-corrected chi connectivity index (χ1v) is 9.34. The molecule has 1 aliphatic heterocycles. The first kappa shape index (κ1) is 19.0. The molecule has 3 rings (SSSR count). The Hall–Kier alpha value is -2.80. The number of benzene rings is 2. The van der Waals surface area contributed by atoms with Gasteiger partial charge in [0.25, 0.3) is 0 Å². The summed E-state index contributed by atoms with van der Waals surface area (Å²) in [6.07, 6.45) is 1.66. The van der Waals surface area contributed by atoms with Crippen LogP contribution in [0.15, 0.2) is 58.7 Å². The molecule has 1 heterocycles. The quantitative estimate of drug-likeness (QED) is 0.565. The molecule has 0 aromatic heterocycles. The Kier molecular flexibility index (Phi) is 6.13. The third kappa shape index (κ3) is 4.68. The second kappa shape index (κ2) is 8.73. The fraction of sp³-hybridized carbons (Fsp3) is 0.250. The van der Waals surface area contributed by atoms with Crippen molar-refractivity contribution in [2.75, 3.05) is 14.2 Å². The Bertz CT molecular complexity index is 848. The monoisotopic (exact) mass is 383 g/mol. The van der Waals surface area contributed by atoms with Gasteiger partial charge in [0, 0.05) is 0 Å². The molecule has 0 aliphatic carbocycles. The largest absolute Gasteiger partial charge is 0.497 e. The average molecular weight is 383 g/mol. The van der Waals surface area contributed by atoms with Gasteiger partial charge in [-0.1, -0.05) is 23.9 Å². The van der Waals surface area contributed by atoms with Crippen molar-refractivity contribution in [3.8, 4) is 11.5 Å². The molecule has 1 aliphatic rings. The van der Waals surface area contributed by atoms with E-state index in [9.17, 15) is 4.79 Å². The Balaban J connectivity index is 1.73. The Morgan fingerprint density at radius 2 is 1.63 bits per heavy atom. The molecule has 0 spiro atoms. The van der Waals surface area contributed by atoms with Gasteiger partial charge in [-0.15, -0.1) is 5.10 Å². The van der Waals surface area contributed by atoms with Crippen molar-refractivity contribution in [2.24, 2.45) is 10.2 Å². The lowest BCUT2D eigenvalue weighted by Crippen LogP contribution is -2.30. The molecule has 1 fully saturated rings. The molecule has 1 atom stereocenters. The number of rotatable bonds is 6. The highest BCUT2D eigenvalue weighted by molar-refractivity contribution is 8.15. The van der Waals surface area contributed by atoms with Crippen LogP contribution in [0.1, 0.15) is 18.1 Å². The average Bonchev–Trinajstić information content (AvgIpc) is 2.97. The molecule has 0 radical (unpaired) electrons. The molecule has 0 saturated carbocycles. The maximum Gasteiger partial charge on any atom is 0.242 e. The van der Waals surface area contributed by atoms with Gasteiger partial charge in [-0.25, -0.2) is 0 Å². The summed E-state index contributed by atoms with van der Waals surface area (Å²) in [4.78, 5) is 14.1. The number of carbonyl (C=O) groups is 1. The predicted molar refractivity (Wildman–Crippen MR) is 109 cm³/mol. The molecule has 6 nitrogen and oxygen atoms in total. The summed E-state index contributed by atoms with van der Waals surface area (Å²) in [5.74, 6) is 1.61. The maximum atomic E-state index is 12.5. The van der Waals surface area contributed by atoms with Gasteiger partial charge in [0.1, 0.15) is 11.5 Å². The van der Waals surface area contributed by atoms with Gasteiger partial charge in [-0.05, 0) is 54.4 Å². The second-order valence-electron chi connectivity index (χ2n) is 5.93. The minimum Gasteiger partial charge on any atom is -0.497 e. The van der Waals surface area contributed by atoms with E-state index >= 15 is 0 Å². The van der Waals surface area contributed by atoms with Crippen molar-refractivity contribution < 1.29 is 14.3 Å². The number of methoxy groups -OCH3 is 2. The number of thioether (sulfide) groups is 1. The minimum atomic E-state index is -0.168. The molecule has 0 unspecified atom stereocenters. The molecule has 1 saturated heterocycles. The van der Waals surface area contributed by atoms with Crippen LogP contribution in [0.3, 0.4) is 0 Å². The highest BCUT2D eigenvalue weighted by Crippen LogP contribution is 2.28. The van der Waals surface area contributed by atoms with Crippen molar-refractivity contribution in [1.29, 1.82) is 0 Å². The smallest absolute Gasteiger partial charge is 0.242 e. The third-order valence-corrected chi connectivity index (χ3v) is 5.16. The SMILES string of the molecule is COc1ccc(/C=N\N=C2\S[C@H](C)C(=O)N2Cc2ccc(OC)cc2)cc1. The van der Waals surface area contributed by atoms with E-state index in [0.717, 1.165) is 22.6 Å². The van der Waals surface area contributed by atoms with E-state index in [1.807, 2.05) is 55.5 Å². The lowest BCUT2D eigenvalue weighted by atomic mass is 10.2. The van der Waals surface area contributed by atoms with Gasteiger partial charge in [0.15, 0.2) is 5.17 Å². The van der Waals surface area contributed by atoms with Crippen LogP contribution in [0, 0.1) is 0 Å². The Morgan fingerprint density at radius 1 is 1.04 bits per heavy atom. The minimum absolute atomic E-state index is 0.0363. The van der Waals surface area contributed by atoms with Crippen LogP contribution < -0.4 is 9.47 Å². The van der Waals surface area contributed by atoms with E-state index in [1.54, 1.807) is 25.3 Å². The van der Waals surface area contributed by atoms with Crippen molar-refractivity contribution >= 4 is 29.1 Å². The van der Waals surface area contributed by atoms with Gasteiger partial charge in [0.05, 0.1) is 32.2 Å². The van der Waals surface area contributed by atoms with Gasteiger partial charge >= 0.3 is 0 Å². The molecular formula is C20H21N3O3S. The van der Waals surface area contributed by atoms with Crippen molar-refractivity contribution in [1.82, 2.24) is 4.90 Å². The van der Waals surface area contributed by atoms with Crippen LogP contribution in [0.5, 0.6) is 11.5 Å². The van der Waals surface area contributed by atoms with Gasteiger partial charge < -0.3 is 9.47 Å². The highest BCUT2D eigenvalue weighted by Gasteiger charge is 2.35. The van der Waals surface area contributed by atoms with Crippen LogP contribution in [0.2, 0.25) is 0 Å². The number of ether oxygens (including phenoxy) is 2. The van der Waals surface area contributed by atoms with Crippen LogP contribution >= 0.6 is 11.8 Å². The maximum absolute atomic E-state index is 12.5. The molecular weight excluding hydrogens is 362 g/mol. The summed E-state index contributed by atoms with van der Waals surface area (Å²) in [6, 6.07) is 15.2. The number of nitrogens with zero attached hydrogens (tertiary/aromatic N) is 3. The molecule has 27 heavy (non-hydrogen) atoms. The normalized spacial score (nSPS) is 18.5. The van der Waals surface area contributed by atoms with Crippen molar-refractivity contribution in [3.63, 3.8) is 0 Å². The molecule has 2 aromatic rings. The van der Waals surface area contributed by atoms with E-state index < -0.39 is 0 Å². The van der Waals surface area contributed by atoms with Crippen molar-refractivity contribution in [3.05, 3.63) is 59.7 Å². The summed E-state index contributed by atoms with van der Waals surface area (Å²) in [6.45, 7) is 2.33. The van der Waals surface area contributed by atoms with Crippen molar-refractivity contribution in [2.45, 2.75) is 18.7 Å². The standard InChI is InChI=1S/C20H21N3O3S/c1-14-19(24)23(13-16-6-10-18(26-3)11-7-16)20(27-14)22-21-12-15-4-8-17(25-2)9-5-15/h4-12,14H,13H2,1-3H3/b21-12-,22-20+/t14-/m1/s1. The summed E-state index contributed by atoms with van der Waals surface area (Å²) >= 11 is 1.42. The van der Waals surface area contributed by atoms with Crippen LogP contribution in [0.4, 0.5) is 0 Å². The lowest BCUT2D eigenvalue weighted by Gasteiger charge is -2.15. The lowest BCUT2D eigenvalue weighted by molar-refractivity contribution is -0.126. The van der Waals surface area contributed by atoms with E-state index in [-0.39, 0.29) is 11.2 Å². The number of hydrogen-bond acceptors (Lipinski definition) is 6. The first-order valence-electron chi connectivity index (χ1n) is 8.46. The fourth-order valence-corrected chi connectivity index (χ4v) is 3.48. The van der Waals surface area contributed by atoms with Gasteiger partial charge in [0.2, 0.25) is 5.91 Å². The predicted octanol–water partition coefficient (Wildman–Crippen LogP) is 3.56. The summed E-state index contributed by atoms with van der Waals surface area (Å²) in [5.41, 5.74) is 1.91. The fourth-order valence-electron chi connectivity index (χ4n) is 2.56. The number of carbonyl (C=O) groups excluding carboxylic acids is 1. The Labute approximate surface area is 162 Å². The van der Waals surface area contributed by atoms with E-state index in [4.69, 9.17) is 9.47 Å². The summed E-state index contributed by atoms with van der Waals surface area (Å²) in [5, 5.41) is 8.86. The molecule has 140 valence electrons. The molecule has 0 N–H and O–H groups in total. The van der Waals surface area contributed by atoms with Crippen LogP contribution in [-0.4, -0.2) is 41.7 Å².